The highest BCUT2D eigenvalue weighted by molar-refractivity contribution is 6.23. The summed E-state index contributed by atoms with van der Waals surface area (Å²) in [6.07, 6.45) is 4.22. The van der Waals surface area contributed by atoms with Gasteiger partial charge in [0.05, 0.1) is 39.5 Å². The zero-order valence-electron chi connectivity index (χ0n) is 26.9. The molecule has 11 nitrogen and oxygen atoms in total. The van der Waals surface area contributed by atoms with Crippen molar-refractivity contribution < 1.29 is 28.8 Å². The minimum atomic E-state index is -1.11. The first-order valence-corrected chi connectivity index (χ1v) is 16.2. The smallest absolute Gasteiger partial charge is 0.262 e. The Kier molecular flexibility index (Phi) is 8.28. The molecule has 2 saturated heterocycles. The van der Waals surface area contributed by atoms with E-state index < -0.39 is 41.0 Å². The highest BCUT2D eigenvalue weighted by Gasteiger charge is 2.46. The molecule has 6 rings (SSSR count). The van der Waals surface area contributed by atoms with Crippen molar-refractivity contribution in [1.82, 2.24) is 10.2 Å². The van der Waals surface area contributed by atoms with E-state index in [9.17, 15) is 29.6 Å². The minimum Gasteiger partial charge on any atom is -0.411 e. The van der Waals surface area contributed by atoms with Crippen molar-refractivity contribution in [3.63, 3.8) is 0 Å². The van der Waals surface area contributed by atoms with Gasteiger partial charge in [0.2, 0.25) is 11.8 Å². The van der Waals surface area contributed by atoms with E-state index in [0.29, 0.717) is 31.3 Å². The number of carbonyl (C=O) groups excluding carboxylic acids is 4. The summed E-state index contributed by atoms with van der Waals surface area (Å²) in [4.78, 5) is 55.3. The summed E-state index contributed by atoms with van der Waals surface area (Å²) in [7, 11) is 0. The Morgan fingerprint density at radius 1 is 1.09 bits per heavy atom. The van der Waals surface area contributed by atoms with Crippen molar-refractivity contribution in [2.75, 3.05) is 29.4 Å². The van der Waals surface area contributed by atoms with Crippen LogP contribution in [0.4, 0.5) is 15.8 Å². The van der Waals surface area contributed by atoms with Crippen LogP contribution < -0.4 is 15.1 Å². The highest BCUT2D eigenvalue weighted by Crippen LogP contribution is 2.48. The van der Waals surface area contributed by atoms with Gasteiger partial charge in [0, 0.05) is 31.7 Å². The Bertz CT molecular complexity index is 1700. The van der Waals surface area contributed by atoms with E-state index in [2.05, 4.69) is 21.4 Å². The molecule has 3 aliphatic heterocycles. The molecule has 1 saturated carbocycles. The fourth-order valence-corrected chi connectivity index (χ4v) is 7.10. The molecule has 4 aliphatic rings. The van der Waals surface area contributed by atoms with E-state index in [0.717, 1.165) is 54.3 Å². The Morgan fingerprint density at radius 3 is 2.30 bits per heavy atom. The third-order valence-corrected chi connectivity index (χ3v) is 10.6. The summed E-state index contributed by atoms with van der Waals surface area (Å²) in [5.74, 6) is -2.82. The number of oxime groups is 1. The van der Waals surface area contributed by atoms with Gasteiger partial charge in [-0.25, -0.2) is 4.39 Å². The molecule has 2 aromatic carbocycles. The van der Waals surface area contributed by atoms with Crippen LogP contribution in [0, 0.1) is 23.1 Å². The molecule has 1 aliphatic carbocycles. The second-order valence-electron chi connectivity index (χ2n) is 13.7. The summed E-state index contributed by atoms with van der Waals surface area (Å²) in [5.41, 5.74) is 1.85. The van der Waals surface area contributed by atoms with Crippen LogP contribution in [0.15, 0.2) is 41.6 Å². The fraction of sp³-hybridized carbons (Fsp3) is 0.486. The number of hydrogen-bond donors (Lipinski definition) is 2. The topological polar surface area (TPSA) is 146 Å². The lowest BCUT2D eigenvalue weighted by Gasteiger charge is -2.42. The summed E-state index contributed by atoms with van der Waals surface area (Å²) in [5, 5.41) is 24.9. The summed E-state index contributed by atoms with van der Waals surface area (Å²) in [6.45, 7) is 7.63. The third-order valence-electron chi connectivity index (χ3n) is 10.6. The highest BCUT2D eigenvalue weighted by atomic mass is 19.1. The quantitative estimate of drug-likeness (QED) is 0.176. The predicted molar refractivity (Wildman–Crippen MR) is 172 cm³/mol. The second kappa shape index (κ2) is 12.1. The maximum atomic E-state index is 15.4. The van der Waals surface area contributed by atoms with Crippen molar-refractivity contribution in [3.8, 4) is 6.07 Å². The van der Waals surface area contributed by atoms with Gasteiger partial charge in [-0.05, 0) is 95.0 Å². The number of benzene rings is 2. The Labute approximate surface area is 273 Å². The fourth-order valence-electron chi connectivity index (χ4n) is 7.10. The Balaban J connectivity index is 1.13. The number of amides is 4. The van der Waals surface area contributed by atoms with Crippen molar-refractivity contribution in [2.45, 2.75) is 82.7 Å². The number of halogens is 1. The van der Waals surface area contributed by atoms with Crippen LogP contribution in [0.25, 0.3) is 0 Å². The molecule has 3 fully saturated rings. The first-order valence-electron chi connectivity index (χ1n) is 16.2. The second-order valence-corrected chi connectivity index (χ2v) is 13.7. The Hall–Kier alpha value is -4.79. The van der Waals surface area contributed by atoms with Crippen LogP contribution in [-0.4, -0.2) is 70.7 Å². The number of carbonyl (C=O) groups is 4. The van der Waals surface area contributed by atoms with Gasteiger partial charge in [-0.2, -0.15) is 5.26 Å². The van der Waals surface area contributed by atoms with Crippen molar-refractivity contribution in [3.05, 3.63) is 58.9 Å². The molecule has 0 spiro atoms. The van der Waals surface area contributed by atoms with Crippen molar-refractivity contribution >= 4 is 40.7 Å². The monoisotopic (exact) mass is 642 g/mol. The average Bonchev–Trinajstić information content (AvgIpc) is 3.83. The summed E-state index contributed by atoms with van der Waals surface area (Å²) < 4.78 is 15.4. The molecule has 246 valence electrons. The first kappa shape index (κ1) is 32.2. The molecule has 1 unspecified atom stereocenters. The molecule has 4 amide bonds. The van der Waals surface area contributed by atoms with Gasteiger partial charge in [-0.1, -0.05) is 17.3 Å². The molecule has 47 heavy (non-hydrogen) atoms. The van der Waals surface area contributed by atoms with Gasteiger partial charge in [-0.3, -0.25) is 29.4 Å². The number of fused-ring (bicyclic) bond motifs is 1. The molecule has 0 bridgehead atoms. The SMILES string of the molecule is C/C(=N/O)C(C)(C)N(CCC1CCN(c2cc3c(cc2F)C(=O)N(C2CCC(=O)NC2=O)C3=O)CC1)c1ccc(C2(C#N)CC2)cc1. The predicted octanol–water partition coefficient (Wildman–Crippen LogP) is 4.52. The maximum absolute atomic E-state index is 15.4. The number of hydrogen-bond acceptors (Lipinski definition) is 9. The molecular weight excluding hydrogens is 603 g/mol. The van der Waals surface area contributed by atoms with Gasteiger partial charge in [0.25, 0.3) is 11.8 Å². The molecule has 0 radical (unpaired) electrons. The lowest BCUT2D eigenvalue weighted by atomic mass is 9.90. The number of nitrogens with one attached hydrogen (secondary N) is 1. The van der Waals surface area contributed by atoms with Gasteiger partial charge < -0.3 is 15.0 Å². The number of nitrogens with zero attached hydrogens (tertiary/aromatic N) is 5. The third kappa shape index (κ3) is 5.72. The van der Waals surface area contributed by atoms with Crippen LogP contribution in [0.5, 0.6) is 0 Å². The van der Waals surface area contributed by atoms with Crippen LogP contribution in [0.2, 0.25) is 0 Å². The van der Waals surface area contributed by atoms with Crippen molar-refractivity contribution in [1.29, 1.82) is 5.26 Å². The van der Waals surface area contributed by atoms with Gasteiger partial charge >= 0.3 is 0 Å². The van der Waals surface area contributed by atoms with E-state index in [-0.39, 0.29) is 35.1 Å². The zero-order chi connectivity index (χ0) is 33.7. The van der Waals surface area contributed by atoms with Gasteiger partial charge in [0.15, 0.2) is 0 Å². The molecule has 2 aromatic rings. The van der Waals surface area contributed by atoms with Crippen LogP contribution in [0.3, 0.4) is 0 Å². The molecule has 2 N–H and O–H groups in total. The molecule has 1 atom stereocenters. The lowest BCUT2D eigenvalue weighted by Crippen LogP contribution is -2.54. The number of anilines is 2. The molecular formula is C35H39FN6O5. The number of rotatable bonds is 9. The lowest BCUT2D eigenvalue weighted by molar-refractivity contribution is -0.136. The number of piperidine rings is 2. The van der Waals surface area contributed by atoms with Gasteiger partial charge in [0.1, 0.15) is 11.9 Å². The van der Waals surface area contributed by atoms with E-state index >= 15 is 4.39 Å². The zero-order valence-corrected chi connectivity index (χ0v) is 26.9. The summed E-state index contributed by atoms with van der Waals surface area (Å²) >= 11 is 0. The number of imide groups is 2. The standard InChI is InChI=1S/C35H39FN6O5/c1-21(39-47)34(2,3)41(24-6-4-23(5-7-24)35(20-37)13-14-35)17-12-22-10-15-40(16-11-22)29-19-26-25(18-27(29)36)32(45)42(33(26)46)28-8-9-30(43)38-31(28)44/h4-7,18-19,22,28,47H,8-17H2,1-3H3,(H,38,43,44)/b39-21-. The maximum Gasteiger partial charge on any atom is 0.262 e. The van der Waals surface area contributed by atoms with Crippen LogP contribution in [-0.2, 0) is 15.0 Å². The normalized spacial score (nSPS) is 21.4. The van der Waals surface area contributed by atoms with Gasteiger partial charge in [-0.15, -0.1) is 0 Å². The van der Waals surface area contributed by atoms with Crippen LogP contribution >= 0.6 is 0 Å². The van der Waals surface area contributed by atoms with Crippen LogP contribution in [0.1, 0.15) is 92.0 Å². The van der Waals surface area contributed by atoms with E-state index in [1.54, 1.807) is 6.92 Å². The average molecular weight is 643 g/mol. The van der Waals surface area contributed by atoms with E-state index in [4.69, 9.17) is 0 Å². The first-order chi connectivity index (χ1) is 22.4. The largest absolute Gasteiger partial charge is 0.411 e. The van der Waals surface area contributed by atoms with Crippen molar-refractivity contribution in [2.24, 2.45) is 11.1 Å². The Morgan fingerprint density at radius 2 is 1.72 bits per heavy atom. The summed E-state index contributed by atoms with van der Waals surface area (Å²) in [6, 6.07) is 11.9. The van der Waals surface area contributed by atoms with E-state index in [1.165, 1.54) is 6.07 Å². The molecule has 0 aromatic heterocycles. The minimum absolute atomic E-state index is 0.0114. The molecule has 12 heteroatoms. The molecule has 3 heterocycles. The number of nitriles is 1. The van der Waals surface area contributed by atoms with E-state index in [1.807, 2.05) is 43.0 Å².